The molecule has 0 aliphatic carbocycles. The van der Waals surface area contributed by atoms with Crippen LogP contribution in [0.2, 0.25) is 5.02 Å². The third-order valence-electron chi connectivity index (χ3n) is 4.83. The molecule has 3 aromatic rings. The lowest BCUT2D eigenvalue weighted by Crippen LogP contribution is -2.49. The molecule has 0 radical (unpaired) electrons. The van der Waals surface area contributed by atoms with Gasteiger partial charge in [0.2, 0.25) is 5.91 Å². The predicted octanol–water partition coefficient (Wildman–Crippen LogP) is 3.08. The summed E-state index contributed by atoms with van der Waals surface area (Å²) in [4.78, 5) is 20.9. The second-order valence-electron chi connectivity index (χ2n) is 6.63. The Morgan fingerprint density at radius 2 is 1.68 bits per heavy atom. The lowest BCUT2D eigenvalue weighted by atomic mass is 10.1. The summed E-state index contributed by atoms with van der Waals surface area (Å²) in [5, 5.41) is 9.27. The maximum Gasteiger partial charge on any atom is 0.227 e. The molecule has 1 aromatic carbocycles. The fourth-order valence-electron chi connectivity index (χ4n) is 3.25. The molecule has 7 heteroatoms. The summed E-state index contributed by atoms with van der Waals surface area (Å²) in [6.45, 7) is 2.78. The number of aromatic nitrogens is 3. The van der Waals surface area contributed by atoms with Crippen LogP contribution in [0.25, 0.3) is 11.4 Å². The lowest BCUT2D eigenvalue weighted by Gasteiger charge is -2.35. The van der Waals surface area contributed by atoms with Crippen LogP contribution in [0.15, 0.2) is 60.8 Å². The zero-order valence-electron chi connectivity index (χ0n) is 15.3. The van der Waals surface area contributed by atoms with Gasteiger partial charge in [0.1, 0.15) is 5.69 Å². The molecule has 3 heterocycles. The zero-order valence-corrected chi connectivity index (χ0v) is 16.1. The zero-order chi connectivity index (χ0) is 19.3. The first-order valence-corrected chi connectivity index (χ1v) is 9.60. The average Bonchev–Trinajstić information content (AvgIpc) is 2.76. The summed E-state index contributed by atoms with van der Waals surface area (Å²) in [7, 11) is 0. The van der Waals surface area contributed by atoms with Crippen molar-refractivity contribution in [3.8, 4) is 11.4 Å². The number of nitrogens with zero attached hydrogens (tertiary/aromatic N) is 5. The first-order chi connectivity index (χ1) is 13.7. The minimum absolute atomic E-state index is 0.101. The summed E-state index contributed by atoms with van der Waals surface area (Å²) in [5.41, 5.74) is 2.42. The van der Waals surface area contributed by atoms with E-state index in [2.05, 4.69) is 20.1 Å². The standard InChI is InChI=1S/C21H20ClN5O/c22-17-6-2-1-5-16(17)15-21(28)27-13-11-26(12-14-27)20-9-8-19(24-25-20)18-7-3-4-10-23-18/h1-10H,11-15H2. The lowest BCUT2D eigenvalue weighted by molar-refractivity contribution is -0.130. The smallest absolute Gasteiger partial charge is 0.227 e. The third-order valence-corrected chi connectivity index (χ3v) is 5.20. The number of pyridine rings is 1. The fourth-order valence-corrected chi connectivity index (χ4v) is 3.45. The Hall–Kier alpha value is -2.99. The highest BCUT2D eigenvalue weighted by atomic mass is 35.5. The number of amides is 1. The molecule has 1 fully saturated rings. The van der Waals surface area contributed by atoms with Crippen LogP contribution in [-0.4, -0.2) is 52.2 Å². The Morgan fingerprint density at radius 3 is 2.36 bits per heavy atom. The minimum atomic E-state index is 0.101. The Balaban J connectivity index is 1.35. The topological polar surface area (TPSA) is 62.2 Å². The largest absolute Gasteiger partial charge is 0.352 e. The second-order valence-corrected chi connectivity index (χ2v) is 7.03. The molecule has 28 heavy (non-hydrogen) atoms. The average molecular weight is 394 g/mol. The van der Waals surface area contributed by atoms with Crippen molar-refractivity contribution in [2.75, 3.05) is 31.1 Å². The SMILES string of the molecule is O=C(Cc1ccccc1Cl)N1CCN(c2ccc(-c3ccccn3)nn2)CC1. The van der Waals surface area contributed by atoms with Crippen LogP contribution in [-0.2, 0) is 11.2 Å². The van der Waals surface area contributed by atoms with Crippen LogP contribution >= 0.6 is 11.6 Å². The van der Waals surface area contributed by atoms with Crippen molar-refractivity contribution in [3.63, 3.8) is 0 Å². The molecular weight excluding hydrogens is 374 g/mol. The first-order valence-electron chi connectivity index (χ1n) is 9.22. The van der Waals surface area contributed by atoms with Crippen molar-refractivity contribution < 1.29 is 4.79 Å². The van der Waals surface area contributed by atoms with Crippen molar-refractivity contribution in [2.45, 2.75) is 6.42 Å². The number of anilines is 1. The molecule has 4 rings (SSSR count). The predicted molar refractivity (Wildman–Crippen MR) is 109 cm³/mol. The van der Waals surface area contributed by atoms with Gasteiger partial charge in [0.25, 0.3) is 0 Å². The van der Waals surface area contributed by atoms with Gasteiger partial charge < -0.3 is 9.80 Å². The maximum atomic E-state index is 12.6. The molecule has 0 bridgehead atoms. The van der Waals surface area contributed by atoms with E-state index in [1.165, 1.54) is 0 Å². The van der Waals surface area contributed by atoms with Crippen LogP contribution in [0.5, 0.6) is 0 Å². The summed E-state index contributed by atoms with van der Waals surface area (Å²) >= 11 is 6.17. The van der Waals surface area contributed by atoms with Gasteiger partial charge in [0.05, 0.1) is 12.1 Å². The number of hydrogen-bond acceptors (Lipinski definition) is 5. The molecule has 1 saturated heterocycles. The highest BCUT2D eigenvalue weighted by Crippen LogP contribution is 2.19. The van der Waals surface area contributed by atoms with Gasteiger partial charge in [-0.25, -0.2) is 0 Å². The number of carbonyl (C=O) groups is 1. The number of hydrogen-bond donors (Lipinski definition) is 0. The van der Waals surface area contributed by atoms with Gasteiger partial charge in [0.15, 0.2) is 5.82 Å². The van der Waals surface area contributed by atoms with Crippen LogP contribution in [0.1, 0.15) is 5.56 Å². The van der Waals surface area contributed by atoms with Crippen molar-refractivity contribution in [3.05, 3.63) is 71.4 Å². The van der Waals surface area contributed by atoms with Crippen LogP contribution in [0.3, 0.4) is 0 Å². The molecule has 0 saturated carbocycles. The van der Waals surface area contributed by atoms with E-state index in [1.807, 2.05) is 59.5 Å². The molecule has 0 spiro atoms. The fraction of sp³-hybridized carbons (Fsp3) is 0.238. The van der Waals surface area contributed by atoms with Crippen LogP contribution < -0.4 is 4.90 Å². The minimum Gasteiger partial charge on any atom is -0.352 e. The summed E-state index contributed by atoms with van der Waals surface area (Å²) in [6, 6.07) is 17.1. The maximum absolute atomic E-state index is 12.6. The van der Waals surface area contributed by atoms with Gasteiger partial charge in [-0.2, -0.15) is 0 Å². The van der Waals surface area contributed by atoms with Gasteiger partial charge in [-0.3, -0.25) is 9.78 Å². The van der Waals surface area contributed by atoms with E-state index in [0.29, 0.717) is 24.5 Å². The first kappa shape index (κ1) is 18.4. The number of halogens is 1. The van der Waals surface area contributed by atoms with Crippen molar-refractivity contribution in [1.82, 2.24) is 20.1 Å². The van der Waals surface area contributed by atoms with E-state index in [0.717, 1.165) is 35.9 Å². The van der Waals surface area contributed by atoms with Crippen molar-refractivity contribution in [2.24, 2.45) is 0 Å². The molecule has 1 aliphatic rings. The number of carbonyl (C=O) groups excluding carboxylic acids is 1. The number of piperazine rings is 1. The number of rotatable bonds is 4. The Labute approximate surface area is 168 Å². The molecule has 0 atom stereocenters. The molecule has 0 unspecified atom stereocenters. The second kappa shape index (κ2) is 8.35. The molecule has 1 amide bonds. The molecule has 2 aromatic heterocycles. The van der Waals surface area contributed by atoms with Crippen molar-refractivity contribution in [1.29, 1.82) is 0 Å². The molecule has 0 N–H and O–H groups in total. The van der Waals surface area contributed by atoms with Crippen LogP contribution in [0, 0.1) is 0 Å². The third kappa shape index (κ3) is 4.12. The van der Waals surface area contributed by atoms with Gasteiger partial charge in [0, 0.05) is 37.4 Å². The highest BCUT2D eigenvalue weighted by Gasteiger charge is 2.22. The molecule has 142 valence electrons. The van der Waals surface area contributed by atoms with E-state index in [4.69, 9.17) is 11.6 Å². The Morgan fingerprint density at radius 1 is 0.893 bits per heavy atom. The van der Waals surface area contributed by atoms with Gasteiger partial charge >= 0.3 is 0 Å². The molecular formula is C21H20ClN5O. The highest BCUT2D eigenvalue weighted by molar-refractivity contribution is 6.31. The normalized spacial score (nSPS) is 14.2. The van der Waals surface area contributed by atoms with E-state index >= 15 is 0 Å². The number of benzene rings is 1. The summed E-state index contributed by atoms with van der Waals surface area (Å²) in [6.07, 6.45) is 2.07. The Kier molecular flexibility index (Phi) is 5.48. The van der Waals surface area contributed by atoms with E-state index in [1.54, 1.807) is 6.20 Å². The molecule has 6 nitrogen and oxygen atoms in total. The van der Waals surface area contributed by atoms with Crippen LogP contribution in [0.4, 0.5) is 5.82 Å². The monoisotopic (exact) mass is 393 g/mol. The summed E-state index contributed by atoms with van der Waals surface area (Å²) < 4.78 is 0. The van der Waals surface area contributed by atoms with E-state index < -0.39 is 0 Å². The van der Waals surface area contributed by atoms with E-state index in [9.17, 15) is 4.79 Å². The summed E-state index contributed by atoms with van der Waals surface area (Å²) in [5.74, 6) is 0.919. The van der Waals surface area contributed by atoms with Crippen molar-refractivity contribution >= 4 is 23.3 Å². The van der Waals surface area contributed by atoms with Gasteiger partial charge in [-0.15, -0.1) is 10.2 Å². The molecule has 1 aliphatic heterocycles. The van der Waals surface area contributed by atoms with Gasteiger partial charge in [-0.05, 0) is 35.9 Å². The Bertz CT molecular complexity index is 941. The quantitative estimate of drug-likeness (QED) is 0.681. The van der Waals surface area contributed by atoms with Gasteiger partial charge in [-0.1, -0.05) is 35.9 Å². The van der Waals surface area contributed by atoms with E-state index in [-0.39, 0.29) is 5.91 Å².